The van der Waals surface area contributed by atoms with Gasteiger partial charge in [-0.1, -0.05) is 19.4 Å². The molecular weight excluding hydrogens is 452 g/mol. The van der Waals surface area contributed by atoms with Crippen molar-refractivity contribution in [2.24, 2.45) is 0 Å². The number of nitrogens with zero attached hydrogens (tertiary/aromatic N) is 1. The Morgan fingerprint density at radius 1 is 1.00 bits per heavy atom. The maximum atomic E-state index is 12.6. The van der Waals surface area contributed by atoms with Crippen molar-refractivity contribution in [1.82, 2.24) is 20.3 Å². The summed E-state index contributed by atoms with van der Waals surface area (Å²) in [7, 11) is -2.76. The van der Waals surface area contributed by atoms with Gasteiger partial charge in [-0.2, -0.15) is 0 Å². The third-order valence-corrected chi connectivity index (χ3v) is 5.55. The Kier molecular flexibility index (Phi) is 9.76. The molecule has 0 aliphatic carbocycles. The van der Waals surface area contributed by atoms with Crippen molar-refractivity contribution in [3.8, 4) is 5.88 Å². The first-order valence-electron chi connectivity index (χ1n) is 10.1. The summed E-state index contributed by atoms with van der Waals surface area (Å²) >= 11 is 0. The number of sulfonamides is 1. The number of carbonyl (C=O) groups is 3. The van der Waals surface area contributed by atoms with Crippen LogP contribution in [0.3, 0.4) is 0 Å². The Hall–Kier alpha value is -3.51. The minimum atomic E-state index is -4.25. The zero-order chi connectivity index (χ0) is 24.3. The molecule has 11 nitrogen and oxygen atoms in total. The van der Waals surface area contributed by atoms with E-state index in [-0.39, 0.29) is 28.4 Å². The smallest absolute Gasteiger partial charge is 0.391 e. The number of benzene rings is 1. The second-order valence-electron chi connectivity index (χ2n) is 6.77. The van der Waals surface area contributed by atoms with E-state index in [1.165, 1.54) is 43.5 Å². The monoisotopic (exact) mass is 478 g/mol. The molecule has 33 heavy (non-hydrogen) atoms. The van der Waals surface area contributed by atoms with Gasteiger partial charge < -0.3 is 20.1 Å². The van der Waals surface area contributed by atoms with Gasteiger partial charge in [-0.25, -0.2) is 22.9 Å². The molecule has 12 heteroatoms. The lowest BCUT2D eigenvalue weighted by Gasteiger charge is -2.09. The van der Waals surface area contributed by atoms with Crippen molar-refractivity contribution >= 4 is 27.9 Å². The maximum absolute atomic E-state index is 12.6. The van der Waals surface area contributed by atoms with Crippen LogP contribution in [-0.2, 0) is 14.8 Å². The molecule has 0 saturated heterocycles. The van der Waals surface area contributed by atoms with Crippen molar-refractivity contribution in [1.29, 1.82) is 0 Å². The standard InChI is InChI=1S/C21H26N4O7S/c1-3-4-10-22-19(26)15-6-5-7-17(13-15)33(29,30)25-20(27)16-8-9-18(24-14-16)32-21(28)23-11-12-31-2/h5-9,13-14H,3-4,10-12H2,1-2H3,(H,22,26)(H,23,28)(H,25,27). The average molecular weight is 479 g/mol. The molecule has 0 radical (unpaired) electrons. The Labute approximate surface area is 191 Å². The number of hydrogen-bond donors (Lipinski definition) is 3. The summed E-state index contributed by atoms with van der Waals surface area (Å²) < 4.78 is 36.9. The molecule has 3 amide bonds. The number of pyridine rings is 1. The number of ether oxygens (including phenoxy) is 2. The number of nitrogens with one attached hydrogen (secondary N) is 3. The van der Waals surface area contributed by atoms with E-state index < -0.39 is 27.9 Å². The fourth-order valence-electron chi connectivity index (χ4n) is 2.49. The van der Waals surface area contributed by atoms with E-state index >= 15 is 0 Å². The molecule has 0 saturated carbocycles. The highest BCUT2D eigenvalue weighted by atomic mass is 32.2. The van der Waals surface area contributed by atoms with E-state index in [1.807, 2.05) is 11.6 Å². The molecule has 1 aromatic heterocycles. The summed E-state index contributed by atoms with van der Waals surface area (Å²) in [6, 6.07) is 7.87. The fourth-order valence-corrected chi connectivity index (χ4v) is 3.51. The molecule has 0 fully saturated rings. The molecule has 0 aliphatic heterocycles. The van der Waals surface area contributed by atoms with Gasteiger partial charge in [0, 0.05) is 38.0 Å². The number of rotatable bonds is 11. The van der Waals surface area contributed by atoms with Gasteiger partial charge in [-0.05, 0) is 30.7 Å². The van der Waals surface area contributed by atoms with E-state index in [9.17, 15) is 22.8 Å². The van der Waals surface area contributed by atoms with Crippen LogP contribution >= 0.6 is 0 Å². The predicted octanol–water partition coefficient (Wildman–Crippen LogP) is 1.47. The topological polar surface area (TPSA) is 153 Å². The molecule has 3 N–H and O–H groups in total. The van der Waals surface area contributed by atoms with Crippen molar-refractivity contribution in [2.45, 2.75) is 24.7 Å². The normalized spacial score (nSPS) is 10.8. The predicted molar refractivity (Wildman–Crippen MR) is 118 cm³/mol. The second-order valence-corrected chi connectivity index (χ2v) is 8.45. The summed E-state index contributed by atoms with van der Waals surface area (Å²) in [5.74, 6) is -1.42. The molecule has 0 aliphatic rings. The van der Waals surface area contributed by atoms with Crippen LogP contribution < -0.4 is 20.1 Å². The van der Waals surface area contributed by atoms with Crippen LogP contribution in [0.15, 0.2) is 47.5 Å². The van der Waals surface area contributed by atoms with Crippen LogP contribution in [-0.4, -0.2) is 58.1 Å². The van der Waals surface area contributed by atoms with Crippen molar-refractivity contribution in [3.63, 3.8) is 0 Å². The van der Waals surface area contributed by atoms with E-state index in [0.29, 0.717) is 13.2 Å². The van der Waals surface area contributed by atoms with Gasteiger partial charge in [0.2, 0.25) is 5.88 Å². The number of methoxy groups -OCH3 is 1. The minimum Gasteiger partial charge on any atom is -0.391 e. The highest BCUT2D eigenvalue weighted by Gasteiger charge is 2.20. The van der Waals surface area contributed by atoms with E-state index in [0.717, 1.165) is 19.0 Å². The first kappa shape index (κ1) is 25.7. The highest BCUT2D eigenvalue weighted by molar-refractivity contribution is 7.90. The Morgan fingerprint density at radius 3 is 2.45 bits per heavy atom. The molecule has 0 spiro atoms. The third kappa shape index (κ3) is 8.16. The molecule has 0 atom stereocenters. The number of unbranched alkanes of at least 4 members (excludes halogenated alkanes) is 1. The number of aromatic nitrogens is 1. The summed E-state index contributed by atoms with van der Waals surface area (Å²) in [5, 5.41) is 5.13. The van der Waals surface area contributed by atoms with Gasteiger partial charge in [-0.15, -0.1) is 0 Å². The maximum Gasteiger partial charge on any atom is 0.414 e. The lowest BCUT2D eigenvalue weighted by atomic mass is 10.2. The molecule has 1 heterocycles. The zero-order valence-electron chi connectivity index (χ0n) is 18.3. The summed E-state index contributed by atoms with van der Waals surface area (Å²) in [6.45, 7) is 3.02. The van der Waals surface area contributed by atoms with Crippen LogP contribution in [0.5, 0.6) is 5.88 Å². The molecular formula is C21H26N4O7S. The summed E-state index contributed by atoms with van der Waals surface area (Å²) in [6.07, 6.45) is 2.03. The minimum absolute atomic E-state index is 0.0702. The van der Waals surface area contributed by atoms with Crippen molar-refractivity contribution in [2.75, 3.05) is 26.8 Å². The molecule has 0 unspecified atom stereocenters. The van der Waals surface area contributed by atoms with Gasteiger partial charge in [0.05, 0.1) is 17.1 Å². The quantitative estimate of drug-likeness (QED) is 0.411. The molecule has 2 aromatic rings. The van der Waals surface area contributed by atoms with Gasteiger partial charge >= 0.3 is 6.09 Å². The van der Waals surface area contributed by atoms with Crippen molar-refractivity contribution < 1.29 is 32.3 Å². The van der Waals surface area contributed by atoms with Crippen LogP contribution in [0.1, 0.15) is 40.5 Å². The first-order valence-corrected chi connectivity index (χ1v) is 11.6. The molecule has 1 aromatic carbocycles. The third-order valence-electron chi connectivity index (χ3n) is 4.22. The van der Waals surface area contributed by atoms with Crippen LogP contribution in [0.2, 0.25) is 0 Å². The van der Waals surface area contributed by atoms with Crippen LogP contribution in [0.25, 0.3) is 0 Å². The van der Waals surface area contributed by atoms with Gasteiger partial charge in [-0.3, -0.25) is 9.59 Å². The fraction of sp³-hybridized carbons (Fsp3) is 0.333. The van der Waals surface area contributed by atoms with Gasteiger partial charge in [0.25, 0.3) is 21.8 Å². The Morgan fingerprint density at radius 2 is 1.79 bits per heavy atom. The number of hydrogen-bond acceptors (Lipinski definition) is 8. The molecule has 0 bridgehead atoms. The molecule has 2 rings (SSSR count). The number of carbonyl (C=O) groups excluding carboxylic acids is 3. The Bertz CT molecular complexity index is 1070. The van der Waals surface area contributed by atoms with E-state index in [1.54, 1.807) is 0 Å². The largest absolute Gasteiger partial charge is 0.414 e. The SMILES string of the molecule is CCCCNC(=O)c1cccc(S(=O)(=O)NC(=O)c2ccc(OC(=O)NCCOC)nc2)c1. The lowest BCUT2D eigenvalue weighted by molar-refractivity contribution is 0.0951. The zero-order valence-corrected chi connectivity index (χ0v) is 19.1. The van der Waals surface area contributed by atoms with E-state index in [4.69, 9.17) is 9.47 Å². The van der Waals surface area contributed by atoms with Crippen molar-refractivity contribution in [3.05, 3.63) is 53.7 Å². The first-order chi connectivity index (χ1) is 15.8. The lowest BCUT2D eigenvalue weighted by Crippen LogP contribution is -2.31. The van der Waals surface area contributed by atoms with Gasteiger partial charge in [0.15, 0.2) is 0 Å². The summed E-state index contributed by atoms with van der Waals surface area (Å²) in [4.78, 5) is 39.7. The second kappa shape index (κ2) is 12.5. The highest BCUT2D eigenvalue weighted by Crippen LogP contribution is 2.13. The van der Waals surface area contributed by atoms with Gasteiger partial charge in [0.1, 0.15) is 0 Å². The van der Waals surface area contributed by atoms with Crippen LogP contribution in [0, 0.1) is 0 Å². The summed E-state index contributed by atoms with van der Waals surface area (Å²) in [5.41, 5.74) is 0.0903. The number of amides is 3. The Balaban J connectivity index is 2.02. The van der Waals surface area contributed by atoms with E-state index in [2.05, 4.69) is 15.6 Å². The van der Waals surface area contributed by atoms with Crippen LogP contribution in [0.4, 0.5) is 4.79 Å². The average Bonchev–Trinajstić information content (AvgIpc) is 2.79. The molecule has 178 valence electrons.